The van der Waals surface area contributed by atoms with Crippen LogP contribution < -0.4 is 0 Å². The van der Waals surface area contributed by atoms with Gasteiger partial charge in [-0.15, -0.1) is 0 Å². The lowest BCUT2D eigenvalue weighted by molar-refractivity contribution is 0.568. The zero-order valence-electron chi connectivity index (χ0n) is 13.9. The summed E-state index contributed by atoms with van der Waals surface area (Å²) in [4.78, 5) is 4.15. The highest BCUT2D eigenvalue weighted by molar-refractivity contribution is 5.70. The van der Waals surface area contributed by atoms with Gasteiger partial charge in [-0.2, -0.15) is 5.10 Å². The summed E-state index contributed by atoms with van der Waals surface area (Å²) in [5.41, 5.74) is 5.59. The van der Waals surface area contributed by atoms with Crippen LogP contribution >= 0.6 is 0 Å². The van der Waals surface area contributed by atoms with Crippen LogP contribution in [0.2, 0.25) is 0 Å². The molecular formula is C21H19N3O. The number of pyridine rings is 1. The first kappa shape index (κ1) is 15.4. The van der Waals surface area contributed by atoms with E-state index in [9.17, 15) is 0 Å². The maximum absolute atomic E-state index is 5.18. The van der Waals surface area contributed by atoms with Gasteiger partial charge in [0.15, 0.2) is 0 Å². The van der Waals surface area contributed by atoms with Crippen LogP contribution in [0.5, 0.6) is 0 Å². The van der Waals surface area contributed by atoms with Gasteiger partial charge in [0.05, 0.1) is 18.2 Å². The first-order chi connectivity index (χ1) is 12.4. The molecule has 0 N–H and O–H groups in total. The number of benzene rings is 1. The van der Waals surface area contributed by atoms with E-state index >= 15 is 0 Å². The van der Waals surface area contributed by atoms with Crippen LogP contribution in [0, 0.1) is 0 Å². The Hall–Kier alpha value is -3.14. The molecule has 3 heterocycles. The molecule has 0 aliphatic heterocycles. The number of aryl methyl sites for hydroxylation is 2. The Morgan fingerprint density at radius 2 is 1.92 bits per heavy atom. The maximum atomic E-state index is 5.18. The lowest BCUT2D eigenvalue weighted by atomic mass is 10.0. The summed E-state index contributed by atoms with van der Waals surface area (Å²) < 4.78 is 7.19. The monoisotopic (exact) mass is 329 g/mol. The second kappa shape index (κ2) is 7.18. The molecule has 4 nitrogen and oxygen atoms in total. The van der Waals surface area contributed by atoms with Crippen molar-refractivity contribution in [3.05, 3.63) is 85.2 Å². The molecule has 4 heteroatoms. The topological polar surface area (TPSA) is 43.9 Å². The molecule has 124 valence electrons. The van der Waals surface area contributed by atoms with Crippen molar-refractivity contribution in [2.75, 3.05) is 0 Å². The van der Waals surface area contributed by atoms with E-state index in [1.165, 1.54) is 5.56 Å². The smallest absolute Gasteiger partial charge is 0.0980 e. The molecule has 3 aromatic heterocycles. The average molecular weight is 329 g/mol. The number of aromatic nitrogens is 3. The molecule has 0 amide bonds. The van der Waals surface area contributed by atoms with Crippen molar-refractivity contribution in [3.63, 3.8) is 0 Å². The normalized spacial score (nSPS) is 10.9. The van der Waals surface area contributed by atoms with E-state index in [1.807, 2.05) is 29.2 Å². The number of hydrogen-bond donors (Lipinski definition) is 0. The largest absolute Gasteiger partial charge is 0.472 e. The van der Waals surface area contributed by atoms with Gasteiger partial charge >= 0.3 is 0 Å². The van der Waals surface area contributed by atoms with Crippen LogP contribution in [-0.4, -0.2) is 14.8 Å². The molecule has 0 aliphatic rings. The lowest BCUT2D eigenvalue weighted by Gasteiger charge is -2.03. The lowest BCUT2D eigenvalue weighted by Crippen LogP contribution is -2.00. The van der Waals surface area contributed by atoms with Crippen LogP contribution in [0.15, 0.2) is 84.1 Å². The number of furan rings is 1. The Labute approximate surface area is 146 Å². The first-order valence-electron chi connectivity index (χ1n) is 8.44. The third kappa shape index (κ3) is 3.69. The summed E-state index contributed by atoms with van der Waals surface area (Å²) in [7, 11) is 0. The van der Waals surface area contributed by atoms with E-state index in [0.29, 0.717) is 0 Å². The molecule has 0 saturated carbocycles. The third-order valence-electron chi connectivity index (χ3n) is 4.23. The molecule has 0 aliphatic carbocycles. The second-order valence-corrected chi connectivity index (χ2v) is 6.02. The molecule has 1 aromatic carbocycles. The molecule has 0 saturated heterocycles. The standard InChI is InChI=1S/C21H19N3O/c1-6-18(20-9-13-25-16-20)14-19(7-1)21-8-12-24(23-21)11-3-5-17-4-2-10-22-15-17/h1-2,4,6-10,12-16H,3,5,11H2. The van der Waals surface area contributed by atoms with Crippen LogP contribution in [-0.2, 0) is 13.0 Å². The van der Waals surface area contributed by atoms with Crippen molar-refractivity contribution >= 4 is 0 Å². The molecule has 4 rings (SSSR count). The zero-order valence-corrected chi connectivity index (χ0v) is 13.9. The van der Waals surface area contributed by atoms with Gasteiger partial charge in [-0.3, -0.25) is 9.67 Å². The minimum absolute atomic E-state index is 0.899. The summed E-state index contributed by atoms with van der Waals surface area (Å²) in [5, 5.41) is 4.71. The highest BCUT2D eigenvalue weighted by atomic mass is 16.3. The fourth-order valence-electron chi connectivity index (χ4n) is 2.92. The van der Waals surface area contributed by atoms with E-state index in [0.717, 1.165) is 41.8 Å². The molecule has 25 heavy (non-hydrogen) atoms. The zero-order chi connectivity index (χ0) is 16.9. The maximum Gasteiger partial charge on any atom is 0.0980 e. The van der Waals surface area contributed by atoms with Gasteiger partial charge in [-0.05, 0) is 48.2 Å². The van der Waals surface area contributed by atoms with Crippen molar-refractivity contribution in [2.24, 2.45) is 0 Å². The molecule has 0 fully saturated rings. The van der Waals surface area contributed by atoms with Crippen LogP contribution in [0.1, 0.15) is 12.0 Å². The van der Waals surface area contributed by atoms with Crippen molar-refractivity contribution < 1.29 is 4.42 Å². The van der Waals surface area contributed by atoms with Gasteiger partial charge in [0.2, 0.25) is 0 Å². The minimum Gasteiger partial charge on any atom is -0.472 e. The molecular weight excluding hydrogens is 310 g/mol. The molecule has 0 atom stereocenters. The van der Waals surface area contributed by atoms with Crippen LogP contribution in [0.25, 0.3) is 22.4 Å². The van der Waals surface area contributed by atoms with Gasteiger partial charge in [0, 0.05) is 36.3 Å². The molecule has 0 bridgehead atoms. The number of hydrogen-bond acceptors (Lipinski definition) is 3. The van der Waals surface area contributed by atoms with E-state index in [-0.39, 0.29) is 0 Å². The third-order valence-corrected chi connectivity index (χ3v) is 4.23. The van der Waals surface area contributed by atoms with E-state index in [2.05, 4.69) is 41.4 Å². The van der Waals surface area contributed by atoms with Crippen molar-refractivity contribution in [2.45, 2.75) is 19.4 Å². The van der Waals surface area contributed by atoms with Crippen molar-refractivity contribution in [1.82, 2.24) is 14.8 Å². The Balaban J connectivity index is 1.43. The number of nitrogens with zero attached hydrogens (tertiary/aromatic N) is 3. The SMILES string of the molecule is c1cncc(CCCn2ccc(-c3cccc(-c4ccoc4)c3)n2)c1. The highest BCUT2D eigenvalue weighted by Crippen LogP contribution is 2.25. The summed E-state index contributed by atoms with van der Waals surface area (Å²) >= 11 is 0. The molecule has 4 aromatic rings. The second-order valence-electron chi connectivity index (χ2n) is 6.02. The Morgan fingerprint density at radius 1 is 0.960 bits per heavy atom. The van der Waals surface area contributed by atoms with E-state index in [4.69, 9.17) is 9.52 Å². The van der Waals surface area contributed by atoms with Gasteiger partial charge in [0.25, 0.3) is 0 Å². The van der Waals surface area contributed by atoms with Crippen LogP contribution in [0.3, 0.4) is 0 Å². The summed E-state index contributed by atoms with van der Waals surface area (Å²) in [6.45, 7) is 0.899. The molecule has 0 radical (unpaired) electrons. The first-order valence-corrected chi connectivity index (χ1v) is 8.44. The summed E-state index contributed by atoms with van der Waals surface area (Å²) in [6, 6.07) is 16.5. The Morgan fingerprint density at radius 3 is 2.76 bits per heavy atom. The summed E-state index contributed by atoms with van der Waals surface area (Å²) in [6.07, 6.45) is 11.3. The predicted molar refractivity (Wildman–Crippen MR) is 97.9 cm³/mol. The average Bonchev–Trinajstić information content (AvgIpc) is 3.35. The summed E-state index contributed by atoms with van der Waals surface area (Å²) in [5.74, 6) is 0. The Kier molecular flexibility index (Phi) is 4.42. The van der Waals surface area contributed by atoms with Crippen LogP contribution in [0.4, 0.5) is 0 Å². The predicted octanol–water partition coefficient (Wildman–Crippen LogP) is 4.84. The fraction of sp³-hybridized carbons (Fsp3) is 0.143. The van der Waals surface area contributed by atoms with E-state index in [1.54, 1.807) is 18.7 Å². The fourth-order valence-corrected chi connectivity index (χ4v) is 2.92. The minimum atomic E-state index is 0.899. The quantitative estimate of drug-likeness (QED) is 0.508. The highest BCUT2D eigenvalue weighted by Gasteiger charge is 2.05. The van der Waals surface area contributed by atoms with Gasteiger partial charge in [-0.25, -0.2) is 0 Å². The van der Waals surface area contributed by atoms with Gasteiger partial charge in [0.1, 0.15) is 0 Å². The van der Waals surface area contributed by atoms with Gasteiger partial charge < -0.3 is 4.42 Å². The van der Waals surface area contributed by atoms with Crippen molar-refractivity contribution in [3.8, 4) is 22.4 Å². The van der Waals surface area contributed by atoms with E-state index < -0.39 is 0 Å². The molecule has 0 unspecified atom stereocenters. The number of rotatable bonds is 6. The van der Waals surface area contributed by atoms with Gasteiger partial charge in [-0.1, -0.05) is 24.3 Å². The Bertz CT molecular complexity index is 927. The molecule has 0 spiro atoms. The van der Waals surface area contributed by atoms with Crippen molar-refractivity contribution in [1.29, 1.82) is 0 Å².